The first kappa shape index (κ1) is 21.3. The molecule has 0 unspecified atom stereocenters. The molecule has 1 saturated carbocycles. The number of sulfone groups is 1. The number of carbonyl (C=O) groups excluding carboxylic acids is 2. The minimum atomic E-state index is -4.58. The summed E-state index contributed by atoms with van der Waals surface area (Å²) in [5.74, 6) is -2.60. The van der Waals surface area contributed by atoms with Crippen LogP contribution in [0.1, 0.15) is 48.2 Å². The fraction of sp³-hybridized carbons (Fsp3) is 0.588. The third kappa shape index (κ3) is 4.98. The van der Waals surface area contributed by atoms with Crippen molar-refractivity contribution in [3.05, 3.63) is 23.5 Å². The molecule has 0 spiro atoms. The van der Waals surface area contributed by atoms with E-state index in [1.165, 1.54) is 6.20 Å². The number of ether oxygens (including phenoxy) is 1. The van der Waals surface area contributed by atoms with Crippen LogP contribution in [0, 0.1) is 0 Å². The second-order valence-electron chi connectivity index (χ2n) is 7.59. The number of rotatable bonds is 7. The number of nitrogens with zero attached hydrogens (tertiary/aromatic N) is 1. The van der Waals surface area contributed by atoms with Gasteiger partial charge in [-0.3, -0.25) is 14.6 Å². The van der Waals surface area contributed by atoms with Crippen LogP contribution >= 0.6 is 0 Å². The normalized spacial score (nSPS) is 21.0. The van der Waals surface area contributed by atoms with E-state index in [0.717, 1.165) is 25.8 Å². The number of primary amides is 1. The summed E-state index contributed by atoms with van der Waals surface area (Å²) in [6.07, 6.45) is -4.20. The highest BCUT2D eigenvalue weighted by Gasteiger charge is 2.50. The molecular formula is C17H20F3N3O5S. The molecule has 1 aromatic heterocycles. The van der Waals surface area contributed by atoms with Crippen LogP contribution in [0.5, 0.6) is 5.75 Å². The number of nitrogens with one attached hydrogen (secondary N) is 1. The molecule has 160 valence electrons. The molecule has 1 aliphatic heterocycles. The van der Waals surface area contributed by atoms with Crippen molar-refractivity contribution in [1.82, 2.24) is 10.3 Å². The van der Waals surface area contributed by atoms with Gasteiger partial charge in [-0.05, 0) is 25.7 Å². The summed E-state index contributed by atoms with van der Waals surface area (Å²) >= 11 is 0. The number of pyridine rings is 1. The second-order valence-corrected chi connectivity index (χ2v) is 9.66. The molecule has 1 saturated heterocycles. The number of hydrogen-bond donors (Lipinski definition) is 2. The Kier molecular flexibility index (Phi) is 5.26. The summed E-state index contributed by atoms with van der Waals surface area (Å²) in [5, 5.41) is 2.45. The number of carbonyl (C=O) groups is 2. The first-order valence-electron chi connectivity index (χ1n) is 8.85. The number of nitrogens with two attached hydrogens (primary N) is 1. The van der Waals surface area contributed by atoms with E-state index in [1.807, 2.05) is 0 Å². The predicted molar refractivity (Wildman–Crippen MR) is 95.0 cm³/mol. The van der Waals surface area contributed by atoms with Crippen LogP contribution in [-0.4, -0.2) is 54.5 Å². The molecule has 0 radical (unpaired) electrons. The highest BCUT2D eigenvalue weighted by molar-refractivity contribution is 7.93. The molecule has 0 aromatic carbocycles. The molecule has 2 aliphatic rings. The zero-order valence-electron chi connectivity index (χ0n) is 15.5. The third-order valence-electron chi connectivity index (χ3n) is 4.79. The van der Waals surface area contributed by atoms with Crippen LogP contribution in [0.4, 0.5) is 13.2 Å². The number of halogens is 3. The van der Waals surface area contributed by atoms with Gasteiger partial charge in [0.25, 0.3) is 5.91 Å². The maximum atomic E-state index is 12.9. The van der Waals surface area contributed by atoms with Gasteiger partial charge in [0.15, 0.2) is 15.9 Å². The Balaban J connectivity index is 1.83. The van der Waals surface area contributed by atoms with E-state index >= 15 is 0 Å². The Morgan fingerprint density at radius 1 is 1.38 bits per heavy atom. The minimum Gasteiger partial charge on any atom is -0.481 e. The molecule has 2 fully saturated rings. The van der Waals surface area contributed by atoms with Crippen LogP contribution in [-0.2, 0) is 14.6 Å². The Bertz CT molecular complexity index is 932. The van der Waals surface area contributed by atoms with E-state index in [1.54, 1.807) is 0 Å². The molecule has 1 aliphatic carbocycles. The Morgan fingerprint density at radius 2 is 2.00 bits per heavy atom. The predicted octanol–water partition coefficient (Wildman–Crippen LogP) is 1.06. The first-order chi connectivity index (χ1) is 13.3. The molecule has 29 heavy (non-hydrogen) atoms. The molecule has 3 rings (SSSR count). The molecular weight excluding hydrogens is 415 g/mol. The van der Waals surface area contributed by atoms with Crippen LogP contribution in [0.3, 0.4) is 0 Å². The number of hydrogen-bond acceptors (Lipinski definition) is 6. The van der Waals surface area contributed by atoms with Gasteiger partial charge in [-0.1, -0.05) is 0 Å². The molecule has 2 heterocycles. The van der Waals surface area contributed by atoms with Crippen LogP contribution < -0.4 is 15.8 Å². The largest absolute Gasteiger partial charge is 0.481 e. The zero-order chi connectivity index (χ0) is 21.6. The van der Waals surface area contributed by atoms with E-state index in [0.29, 0.717) is 5.56 Å². The molecule has 12 heteroatoms. The van der Waals surface area contributed by atoms with Gasteiger partial charge in [0.2, 0.25) is 5.91 Å². The lowest BCUT2D eigenvalue weighted by Gasteiger charge is -2.40. The average molecular weight is 435 g/mol. The van der Waals surface area contributed by atoms with Crippen LogP contribution in [0.2, 0.25) is 0 Å². The average Bonchev–Trinajstić information content (AvgIpc) is 3.35. The zero-order valence-corrected chi connectivity index (χ0v) is 16.3. The Labute approximate surface area is 164 Å². The van der Waals surface area contributed by atoms with Crippen molar-refractivity contribution in [3.63, 3.8) is 0 Å². The maximum absolute atomic E-state index is 12.9. The number of aromatic nitrogens is 1. The Hall–Kier alpha value is -2.37. The molecule has 8 nitrogen and oxygen atoms in total. The van der Waals surface area contributed by atoms with Gasteiger partial charge in [-0.25, -0.2) is 8.42 Å². The standard InChI is InChI=1S/C17H20F3N3O5S/c1-9(17(18,19)20)28-13-4-12(22-6-11(13)10-2-3-10)15(25)23-16(5-14(21)24)7-29(26,27)8-16/h4,6,9-10H,2-3,5,7-8H2,1H3,(H2,21,24)(H,23,25)/t9-/m0/s1. The summed E-state index contributed by atoms with van der Waals surface area (Å²) in [6, 6.07) is 1.11. The van der Waals surface area contributed by atoms with Crippen molar-refractivity contribution < 1.29 is 35.9 Å². The lowest BCUT2D eigenvalue weighted by atomic mass is 9.98. The lowest BCUT2D eigenvalue weighted by Crippen LogP contribution is -2.66. The lowest BCUT2D eigenvalue weighted by molar-refractivity contribution is -0.189. The van der Waals surface area contributed by atoms with E-state index in [2.05, 4.69) is 10.3 Å². The summed E-state index contributed by atoms with van der Waals surface area (Å²) in [6.45, 7) is 0.859. The summed E-state index contributed by atoms with van der Waals surface area (Å²) in [7, 11) is -3.41. The summed E-state index contributed by atoms with van der Waals surface area (Å²) < 4.78 is 66.8. The van der Waals surface area contributed by atoms with Gasteiger partial charge in [-0.2, -0.15) is 13.2 Å². The van der Waals surface area contributed by atoms with Crippen LogP contribution in [0.25, 0.3) is 0 Å². The molecule has 1 aromatic rings. The third-order valence-corrected chi connectivity index (χ3v) is 6.78. The molecule has 0 bridgehead atoms. The van der Waals surface area contributed by atoms with Crippen molar-refractivity contribution in [2.75, 3.05) is 11.5 Å². The van der Waals surface area contributed by atoms with Gasteiger partial charge in [-0.15, -0.1) is 0 Å². The monoisotopic (exact) mass is 435 g/mol. The van der Waals surface area contributed by atoms with Gasteiger partial charge in [0.1, 0.15) is 11.4 Å². The Morgan fingerprint density at radius 3 is 2.48 bits per heavy atom. The van der Waals surface area contributed by atoms with Crippen molar-refractivity contribution in [1.29, 1.82) is 0 Å². The highest BCUT2D eigenvalue weighted by Crippen LogP contribution is 2.45. The van der Waals surface area contributed by atoms with Crippen molar-refractivity contribution in [3.8, 4) is 5.75 Å². The number of alkyl halides is 3. The molecule has 1 atom stereocenters. The van der Waals surface area contributed by atoms with E-state index < -0.39 is 51.0 Å². The molecule has 2 amide bonds. The topological polar surface area (TPSA) is 128 Å². The van der Waals surface area contributed by atoms with Crippen molar-refractivity contribution in [2.24, 2.45) is 5.73 Å². The first-order valence-corrected chi connectivity index (χ1v) is 10.7. The fourth-order valence-corrected chi connectivity index (χ4v) is 5.24. The van der Waals surface area contributed by atoms with Crippen molar-refractivity contribution >= 4 is 21.7 Å². The second kappa shape index (κ2) is 7.15. The summed E-state index contributed by atoms with van der Waals surface area (Å²) in [5.41, 5.74) is 4.03. The minimum absolute atomic E-state index is 0.0213. The van der Waals surface area contributed by atoms with Crippen LogP contribution in [0.15, 0.2) is 12.3 Å². The van der Waals surface area contributed by atoms with Gasteiger partial charge in [0.05, 0.1) is 23.5 Å². The van der Waals surface area contributed by atoms with Gasteiger partial charge in [0, 0.05) is 17.8 Å². The molecule has 3 N–H and O–H groups in total. The van der Waals surface area contributed by atoms with E-state index in [9.17, 15) is 31.2 Å². The quantitative estimate of drug-likeness (QED) is 0.659. The van der Waals surface area contributed by atoms with Gasteiger partial charge >= 0.3 is 6.18 Å². The van der Waals surface area contributed by atoms with Gasteiger partial charge < -0.3 is 15.8 Å². The SMILES string of the molecule is C[C@H](Oc1cc(C(=O)NC2(CC(N)=O)CS(=O)(=O)C2)ncc1C1CC1)C(F)(F)F. The van der Waals surface area contributed by atoms with Crippen molar-refractivity contribution in [2.45, 2.75) is 49.9 Å². The fourth-order valence-electron chi connectivity index (χ4n) is 3.29. The maximum Gasteiger partial charge on any atom is 0.425 e. The number of amides is 2. The van der Waals surface area contributed by atoms with E-state index in [-0.39, 0.29) is 23.8 Å². The summed E-state index contributed by atoms with van der Waals surface area (Å²) in [4.78, 5) is 27.8. The van der Waals surface area contributed by atoms with E-state index in [4.69, 9.17) is 10.5 Å². The smallest absolute Gasteiger partial charge is 0.425 e. The highest BCUT2D eigenvalue weighted by atomic mass is 32.2.